The van der Waals surface area contributed by atoms with Gasteiger partial charge in [0.05, 0.1) is 9.95 Å². The minimum atomic E-state index is -0.530. The second-order valence-corrected chi connectivity index (χ2v) is 2.59. The van der Waals surface area contributed by atoms with Gasteiger partial charge in [-0.15, -0.1) is 0 Å². The number of nitrogens with zero attached hydrogens (tertiary/aromatic N) is 1. The van der Waals surface area contributed by atoms with Crippen molar-refractivity contribution in [1.29, 1.82) is 0 Å². The van der Waals surface area contributed by atoms with Crippen LogP contribution in [0.5, 0.6) is 5.75 Å². The molecule has 0 heterocycles. The van der Waals surface area contributed by atoms with E-state index in [0.717, 1.165) is 0 Å². The Labute approximate surface area is 79.2 Å². The van der Waals surface area contributed by atoms with Crippen LogP contribution in [0.3, 0.4) is 0 Å². The molecule has 1 rings (SSSR count). The van der Waals surface area contributed by atoms with Gasteiger partial charge in [-0.2, -0.15) is 0 Å². The minimum Gasteiger partial charge on any atom is -0.477 e. The summed E-state index contributed by atoms with van der Waals surface area (Å²) in [4.78, 5) is 9.77. The van der Waals surface area contributed by atoms with E-state index in [1.54, 1.807) is 0 Å². The van der Waals surface area contributed by atoms with Crippen LogP contribution in [0.4, 0.5) is 5.69 Å². The van der Waals surface area contributed by atoms with Crippen molar-refractivity contribution in [2.24, 2.45) is 5.73 Å². The summed E-state index contributed by atoms with van der Waals surface area (Å²) in [5.74, 6) is 0.342. The predicted octanol–water partition coefficient (Wildman–Crippen LogP) is 1.54. The topological polar surface area (TPSA) is 78.4 Å². The smallest absolute Gasteiger partial charge is 0.271 e. The summed E-state index contributed by atoms with van der Waals surface area (Å²) in [6.45, 7) is -0.0163. The van der Waals surface area contributed by atoms with Crippen molar-refractivity contribution in [2.45, 2.75) is 0 Å². The number of nitro benzene ring substituents is 1. The normalized spacial score (nSPS) is 9.69. The number of nitro groups is 1. The fourth-order valence-electron chi connectivity index (χ4n) is 0.810. The van der Waals surface area contributed by atoms with Crippen molar-refractivity contribution in [3.8, 4) is 5.75 Å². The number of benzene rings is 1. The molecule has 0 atom stereocenters. The number of hydrogen-bond acceptors (Lipinski definition) is 4. The fraction of sp³-hybridized carbons (Fsp3) is 0.143. The van der Waals surface area contributed by atoms with Gasteiger partial charge in [-0.05, 0) is 6.07 Å². The zero-order valence-corrected chi connectivity index (χ0v) is 7.32. The fourth-order valence-corrected chi connectivity index (χ4v) is 1.04. The Morgan fingerprint density at radius 1 is 1.62 bits per heavy atom. The largest absolute Gasteiger partial charge is 0.477 e. The van der Waals surface area contributed by atoms with Gasteiger partial charge in [0.15, 0.2) is 0 Å². The standard InChI is InChI=1S/C7H7ClN2O3/c8-6-3-5(10(11)12)1-2-7(6)13-4-9/h1-3H,4,9H2. The molecule has 0 saturated carbocycles. The van der Waals surface area contributed by atoms with Crippen LogP contribution in [0, 0.1) is 10.1 Å². The minimum absolute atomic E-state index is 0.0163. The second kappa shape index (κ2) is 4.06. The van der Waals surface area contributed by atoms with Gasteiger partial charge in [0, 0.05) is 12.1 Å². The van der Waals surface area contributed by atoms with Crippen LogP contribution < -0.4 is 10.5 Å². The average molecular weight is 203 g/mol. The number of halogens is 1. The van der Waals surface area contributed by atoms with Gasteiger partial charge in [0.1, 0.15) is 12.5 Å². The van der Waals surface area contributed by atoms with Crippen LogP contribution in [0.15, 0.2) is 18.2 Å². The maximum Gasteiger partial charge on any atom is 0.271 e. The molecule has 5 nitrogen and oxygen atoms in total. The summed E-state index contributed by atoms with van der Waals surface area (Å²) >= 11 is 5.67. The molecule has 0 aliphatic carbocycles. The number of non-ortho nitro benzene ring substituents is 1. The molecular weight excluding hydrogens is 196 g/mol. The van der Waals surface area contributed by atoms with Gasteiger partial charge in [0.25, 0.3) is 5.69 Å². The van der Waals surface area contributed by atoms with Crippen molar-refractivity contribution >= 4 is 17.3 Å². The Kier molecular flexibility index (Phi) is 3.05. The van der Waals surface area contributed by atoms with E-state index in [9.17, 15) is 10.1 Å². The molecule has 0 aliphatic rings. The maximum absolute atomic E-state index is 10.3. The molecule has 1 aromatic carbocycles. The molecule has 70 valence electrons. The third-order valence-corrected chi connectivity index (χ3v) is 1.66. The van der Waals surface area contributed by atoms with Crippen molar-refractivity contribution in [3.63, 3.8) is 0 Å². The SMILES string of the molecule is NCOc1ccc([N+](=O)[O-])cc1Cl. The van der Waals surface area contributed by atoms with Crippen molar-refractivity contribution < 1.29 is 9.66 Å². The summed E-state index contributed by atoms with van der Waals surface area (Å²) in [6.07, 6.45) is 0. The zero-order chi connectivity index (χ0) is 9.84. The summed E-state index contributed by atoms with van der Waals surface area (Å²) < 4.78 is 4.89. The Morgan fingerprint density at radius 3 is 2.77 bits per heavy atom. The highest BCUT2D eigenvalue weighted by atomic mass is 35.5. The van der Waals surface area contributed by atoms with E-state index in [1.807, 2.05) is 0 Å². The average Bonchev–Trinajstić information content (AvgIpc) is 2.08. The summed E-state index contributed by atoms with van der Waals surface area (Å²) in [5.41, 5.74) is 5.04. The lowest BCUT2D eigenvalue weighted by molar-refractivity contribution is -0.384. The molecular formula is C7H7ClN2O3. The molecule has 6 heteroatoms. The number of hydrogen-bond donors (Lipinski definition) is 1. The molecule has 13 heavy (non-hydrogen) atoms. The molecule has 0 aliphatic heterocycles. The van der Waals surface area contributed by atoms with E-state index in [0.29, 0.717) is 5.75 Å². The first-order valence-corrected chi connectivity index (χ1v) is 3.79. The second-order valence-electron chi connectivity index (χ2n) is 2.18. The molecule has 1 aromatic rings. The predicted molar refractivity (Wildman–Crippen MR) is 47.8 cm³/mol. The molecule has 2 N–H and O–H groups in total. The monoisotopic (exact) mass is 202 g/mol. The third-order valence-electron chi connectivity index (χ3n) is 1.37. The van der Waals surface area contributed by atoms with Crippen LogP contribution in [-0.4, -0.2) is 11.7 Å². The molecule has 0 spiro atoms. The van der Waals surface area contributed by atoms with Crippen LogP contribution in [-0.2, 0) is 0 Å². The number of rotatable bonds is 3. The molecule has 0 saturated heterocycles. The lowest BCUT2D eigenvalue weighted by Crippen LogP contribution is -2.07. The van der Waals surface area contributed by atoms with E-state index in [1.165, 1.54) is 18.2 Å². The van der Waals surface area contributed by atoms with Gasteiger partial charge in [0.2, 0.25) is 0 Å². The highest BCUT2D eigenvalue weighted by molar-refractivity contribution is 6.32. The molecule has 0 radical (unpaired) electrons. The highest BCUT2D eigenvalue weighted by Crippen LogP contribution is 2.28. The summed E-state index contributed by atoms with van der Waals surface area (Å²) in [7, 11) is 0. The van der Waals surface area contributed by atoms with Gasteiger partial charge < -0.3 is 4.74 Å². The van der Waals surface area contributed by atoms with Crippen LogP contribution in [0.25, 0.3) is 0 Å². The number of ether oxygens (including phenoxy) is 1. The van der Waals surface area contributed by atoms with Gasteiger partial charge in [-0.1, -0.05) is 11.6 Å². The Hall–Kier alpha value is -1.33. The van der Waals surface area contributed by atoms with E-state index >= 15 is 0 Å². The van der Waals surface area contributed by atoms with Crippen molar-refractivity contribution in [2.75, 3.05) is 6.73 Å². The van der Waals surface area contributed by atoms with E-state index in [-0.39, 0.29) is 17.4 Å². The molecule has 0 unspecified atom stereocenters. The molecule has 0 fully saturated rings. The molecule has 0 amide bonds. The van der Waals surface area contributed by atoms with E-state index in [2.05, 4.69) is 0 Å². The maximum atomic E-state index is 10.3. The number of nitrogens with two attached hydrogens (primary N) is 1. The van der Waals surface area contributed by atoms with Crippen LogP contribution in [0.1, 0.15) is 0 Å². The van der Waals surface area contributed by atoms with Gasteiger partial charge >= 0.3 is 0 Å². The van der Waals surface area contributed by atoms with E-state index in [4.69, 9.17) is 22.1 Å². The zero-order valence-electron chi connectivity index (χ0n) is 6.57. The van der Waals surface area contributed by atoms with Crippen LogP contribution >= 0.6 is 11.6 Å². The molecule has 0 aromatic heterocycles. The Bertz CT molecular complexity index is 330. The summed E-state index contributed by atoms with van der Waals surface area (Å²) in [6, 6.07) is 3.93. The first kappa shape index (κ1) is 9.76. The first-order valence-electron chi connectivity index (χ1n) is 3.42. The molecule has 0 bridgehead atoms. The lowest BCUT2D eigenvalue weighted by atomic mass is 10.3. The quantitative estimate of drug-likeness (QED) is 0.458. The van der Waals surface area contributed by atoms with Gasteiger partial charge in [-0.25, -0.2) is 0 Å². The first-order chi connectivity index (χ1) is 6.15. The van der Waals surface area contributed by atoms with Crippen LogP contribution in [0.2, 0.25) is 5.02 Å². The van der Waals surface area contributed by atoms with Crippen molar-refractivity contribution in [1.82, 2.24) is 0 Å². The third kappa shape index (κ3) is 2.30. The van der Waals surface area contributed by atoms with E-state index < -0.39 is 4.92 Å². The summed E-state index contributed by atoms with van der Waals surface area (Å²) in [5, 5.41) is 10.5. The Morgan fingerprint density at radius 2 is 2.31 bits per heavy atom. The lowest BCUT2D eigenvalue weighted by Gasteiger charge is -2.03. The Balaban J connectivity index is 2.98. The highest BCUT2D eigenvalue weighted by Gasteiger charge is 2.09. The van der Waals surface area contributed by atoms with Crippen molar-refractivity contribution in [3.05, 3.63) is 33.3 Å². The van der Waals surface area contributed by atoms with Gasteiger partial charge in [-0.3, -0.25) is 15.8 Å².